The van der Waals surface area contributed by atoms with E-state index in [1.165, 1.54) is 5.56 Å². The molecule has 27 heavy (non-hydrogen) atoms. The van der Waals surface area contributed by atoms with Gasteiger partial charge in [-0.3, -0.25) is 4.79 Å². The molecule has 1 saturated heterocycles. The Bertz CT molecular complexity index is 723. The van der Waals surface area contributed by atoms with Crippen LogP contribution in [0.5, 0.6) is 0 Å². The molecule has 0 aliphatic carbocycles. The molecule has 0 spiro atoms. The first-order valence-electron chi connectivity index (χ1n) is 10.3. The molecule has 0 bridgehead atoms. The Kier molecular flexibility index (Phi) is 6.73. The maximum atomic E-state index is 12.5. The number of benzene rings is 1. The molecule has 1 aromatic carbocycles. The summed E-state index contributed by atoms with van der Waals surface area (Å²) in [4.78, 5) is 14.5. The quantitative estimate of drug-likeness (QED) is 0.765. The summed E-state index contributed by atoms with van der Waals surface area (Å²) in [6.45, 7) is 8.75. The SMILES string of the molecule is CCC(CC)C(=O)N1CCC(NCc2ccc(-c3ccc(C)cc3)o2)CC1. The third kappa shape index (κ3) is 5.01. The molecule has 3 rings (SSSR count). The number of amides is 1. The first kappa shape index (κ1) is 19.7. The molecule has 1 aromatic heterocycles. The van der Waals surface area contributed by atoms with Crippen LogP contribution in [-0.4, -0.2) is 29.9 Å². The highest BCUT2D eigenvalue weighted by atomic mass is 16.3. The van der Waals surface area contributed by atoms with E-state index in [4.69, 9.17) is 4.42 Å². The molecular formula is C23H32N2O2. The Balaban J connectivity index is 1.47. The zero-order valence-electron chi connectivity index (χ0n) is 16.8. The van der Waals surface area contributed by atoms with Gasteiger partial charge in [0.1, 0.15) is 11.5 Å². The Morgan fingerprint density at radius 1 is 1.11 bits per heavy atom. The first-order valence-corrected chi connectivity index (χ1v) is 10.3. The molecule has 1 N–H and O–H groups in total. The highest BCUT2D eigenvalue weighted by molar-refractivity contribution is 5.78. The molecule has 0 radical (unpaired) electrons. The van der Waals surface area contributed by atoms with Gasteiger partial charge in [0.15, 0.2) is 0 Å². The van der Waals surface area contributed by atoms with Gasteiger partial charge < -0.3 is 14.6 Å². The summed E-state index contributed by atoms with van der Waals surface area (Å²) >= 11 is 0. The van der Waals surface area contributed by atoms with Crippen molar-refractivity contribution < 1.29 is 9.21 Å². The summed E-state index contributed by atoms with van der Waals surface area (Å²) in [5.41, 5.74) is 2.36. The third-order valence-corrected chi connectivity index (χ3v) is 5.70. The fraction of sp³-hybridized carbons (Fsp3) is 0.522. The summed E-state index contributed by atoms with van der Waals surface area (Å²) in [5, 5.41) is 3.60. The average Bonchev–Trinajstić information content (AvgIpc) is 3.17. The maximum Gasteiger partial charge on any atom is 0.225 e. The monoisotopic (exact) mass is 368 g/mol. The number of aryl methyl sites for hydroxylation is 1. The molecule has 1 aliphatic rings. The van der Waals surface area contributed by atoms with Crippen LogP contribution in [0.4, 0.5) is 0 Å². The van der Waals surface area contributed by atoms with Crippen molar-refractivity contribution in [1.29, 1.82) is 0 Å². The van der Waals surface area contributed by atoms with Gasteiger partial charge in [-0.05, 0) is 44.7 Å². The number of likely N-dealkylation sites (tertiary alicyclic amines) is 1. The smallest absolute Gasteiger partial charge is 0.225 e. The molecule has 0 unspecified atom stereocenters. The van der Waals surface area contributed by atoms with Gasteiger partial charge in [-0.2, -0.15) is 0 Å². The van der Waals surface area contributed by atoms with Crippen molar-refractivity contribution in [3.05, 3.63) is 47.7 Å². The standard InChI is InChI=1S/C23H32N2O2/c1-4-18(5-2)23(26)25-14-12-20(13-15-25)24-16-21-10-11-22(27-21)19-8-6-17(3)7-9-19/h6-11,18,20,24H,4-5,12-16H2,1-3H3. The van der Waals surface area contributed by atoms with Crippen LogP contribution in [-0.2, 0) is 11.3 Å². The first-order chi connectivity index (χ1) is 13.1. The second-order valence-electron chi connectivity index (χ2n) is 7.63. The van der Waals surface area contributed by atoms with E-state index in [1.807, 2.05) is 12.1 Å². The average molecular weight is 369 g/mol. The summed E-state index contributed by atoms with van der Waals surface area (Å²) in [6, 6.07) is 12.9. The lowest BCUT2D eigenvalue weighted by atomic mass is 9.98. The van der Waals surface area contributed by atoms with Gasteiger partial charge in [0.25, 0.3) is 0 Å². The van der Waals surface area contributed by atoms with Crippen LogP contribution >= 0.6 is 0 Å². The Hall–Kier alpha value is -2.07. The van der Waals surface area contributed by atoms with Gasteiger partial charge in [0.2, 0.25) is 5.91 Å². The van der Waals surface area contributed by atoms with E-state index in [0.717, 1.165) is 62.4 Å². The lowest BCUT2D eigenvalue weighted by Crippen LogP contribution is -2.46. The van der Waals surface area contributed by atoms with E-state index >= 15 is 0 Å². The van der Waals surface area contributed by atoms with Crippen LogP contribution < -0.4 is 5.32 Å². The van der Waals surface area contributed by atoms with Gasteiger partial charge in [-0.1, -0.05) is 43.7 Å². The van der Waals surface area contributed by atoms with Crippen LogP contribution in [0.3, 0.4) is 0 Å². The van der Waals surface area contributed by atoms with Crippen molar-refractivity contribution in [3.8, 4) is 11.3 Å². The van der Waals surface area contributed by atoms with E-state index < -0.39 is 0 Å². The Morgan fingerprint density at radius 2 is 1.78 bits per heavy atom. The number of carbonyl (C=O) groups is 1. The summed E-state index contributed by atoms with van der Waals surface area (Å²) in [5.74, 6) is 2.41. The van der Waals surface area contributed by atoms with Gasteiger partial charge in [-0.25, -0.2) is 0 Å². The predicted octanol–water partition coefficient (Wildman–Crippen LogP) is 4.77. The van der Waals surface area contributed by atoms with E-state index in [2.05, 4.69) is 55.3 Å². The van der Waals surface area contributed by atoms with E-state index in [-0.39, 0.29) is 5.92 Å². The molecule has 1 aliphatic heterocycles. The fourth-order valence-corrected chi connectivity index (χ4v) is 3.79. The molecule has 2 aromatic rings. The Labute approximate surface area is 162 Å². The van der Waals surface area contributed by atoms with Crippen LogP contribution in [0.25, 0.3) is 11.3 Å². The minimum absolute atomic E-state index is 0.192. The second-order valence-corrected chi connectivity index (χ2v) is 7.63. The topological polar surface area (TPSA) is 45.5 Å². The molecule has 4 heteroatoms. The predicted molar refractivity (Wildman–Crippen MR) is 109 cm³/mol. The number of rotatable bonds is 7. The van der Waals surface area contributed by atoms with E-state index in [9.17, 15) is 4.79 Å². The van der Waals surface area contributed by atoms with Crippen molar-refractivity contribution in [3.63, 3.8) is 0 Å². The van der Waals surface area contributed by atoms with Crippen molar-refractivity contribution >= 4 is 5.91 Å². The highest BCUT2D eigenvalue weighted by Gasteiger charge is 2.26. The van der Waals surface area contributed by atoms with Crippen molar-refractivity contribution in [1.82, 2.24) is 10.2 Å². The number of furan rings is 1. The zero-order chi connectivity index (χ0) is 19.2. The maximum absolute atomic E-state index is 12.5. The van der Waals surface area contributed by atoms with Crippen LogP contribution in [0.15, 0.2) is 40.8 Å². The number of hydrogen-bond donors (Lipinski definition) is 1. The summed E-state index contributed by atoms with van der Waals surface area (Å²) in [6.07, 6.45) is 3.90. The Morgan fingerprint density at radius 3 is 2.41 bits per heavy atom. The van der Waals surface area contributed by atoms with Crippen LogP contribution in [0, 0.1) is 12.8 Å². The second kappa shape index (κ2) is 9.23. The van der Waals surface area contributed by atoms with Crippen LogP contribution in [0.1, 0.15) is 50.9 Å². The molecule has 2 heterocycles. The normalized spacial score (nSPS) is 15.5. The molecule has 1 fully saturated rings. The summed E-state index contributed by atoms with van der Waals surface area (Å²) < 4.78 is 5.99. The number of nitrogens with zero attached hydrogens (tertiary/aromatic N) is 1. The van der Waals surface area contributed by atoms with Gasteiger partial charge in [0.05, 0.1) is 6.54 Å². The number of hydrogen-bond acceptors (Lipinski definition) is 3. The van der Waals surface area contributed by atoms with Gasteiger partial charge in [-0.15, -0.1) is 0 Å². The van der Waals surface area contributed by atoms with E-state index in [0.29, 0.717) is 11.9 Å². The largest absolute Gasteiger partial charge is 0.460 e. The highest BCUT2D eigenvalue weighted by Crippen LogP contribution is 2.23. The van der Waals surface area contributed by atoms with Gasteiger partial charge in [0, 0.05) is 30.6 Å². The molecular weight excluding hydrogens is 336 g/mol. The number of nitrogens with one attached hydrogen (secondary N) is 1. The lowest BCUT2D eigenvalue weighted by Gasteiger charge is -2.34. The number of carbonyl (C=O) groups excluding carboxylic acids is 1. The number of piperidine rings is 1. The van der Waals surface area contributed by atoms with Crippen molar-refractivity contribution in [2.45, 2.75) is 59.0 Å². The molecule has 146 valence electrons. The molecule has 4 nitrogen and oxygen atoms in total. The van der Waals surface area contributed by atoms with Crippen molar-refractivity contribution in [2.24, 2.45) is 5.92 Å². The lowest BCUT2D eigenvalue weighted by molar-refractivity contribution is -0.136. The van der Waals surface area contributed by atoms with Crippen LogP contribution in [0.2, 0.25) is 0 Å². The summed E-state index contributed by atoms with van der Waals surface area (Å²) in [7, 11) is 0. The molecule has 0 atom stereocenters. The third-order valence-electron chi connectivity index (χ3n) is 5.70. The fourth-order valence-electron chi connectivity index (χ4n) is 3.79. The molecule has 1 amide bonds. The minimum Gasteiger partial charge on any atom is -0.460 e. The van der Waals surface area contributed by atoms with E-state index in [1.54, 1.807) is 0 Å². The van der Waals surface area contributed by atoms with Crippen molar-refractivity contribution in [2.75, 3.05) is 13.1 Å². The zero-order valence-corrected chi connectivity index (χ0v) is 16.8. The molecule has 0 saturated carbocycles. The van der Waals surface area contributed by atoms with Gasteiger partial charge >= 0.3 is 0 Å². The minimum atomic E-state index is 0.192.